The van der Waals surface area contributed by atoms with E-state index in [1.54, 1.807) is 11.8 Å². The van der Waals surface area contributed by atoms with Gasteiger partial charge in [-0.05, 0) is 30.3 Å². The maximum Gasteiger partial charge on any atom is 0.416 e. The number of hydrogen-bond donors (Lipinski definition) is 1. The number of rotatable bonds is 5. The predicted molar refractivity (Wildman–Crippen MR) is 80.9 cm³/mol. The van der Waals surface area contributed by atoms with E-state index in [2.05, 4.69) is 5.32 Å². The molecular weight excluding hydrogens is 311 g/mol. The summed E-state index contributed by atoms with van der Waals surface area (Å²) in [7, 11) is 0. The molecule has 0 aromatic heterocycles. The topological polar surface area (TPSA) is 29.1 Å². The molecule has 1 N–H and O–H groups in total. The van der Waals surface area contributed by atoms with Crippen molar-refractivity contribution in [2.24, 2.45) is 0 Å². The summed E-state index contributed by atoms with van der Waals surface area (Å²) in [5.74, 6) is 0.147. The fourth-order valence-electron chi connectivity index (χ4n) is 1.79. The van der Waals surface area contributed by atoms with Gasteiger partial charge in [0.2, 0.25) is 0 Å². The second-order valence-electron chi connectivity index (χ2n) is 4.50. The van der Waals surface area contributed by atoms with Crippen LogP contribution in [0.15, 0.2) is 59.5 Å². The smallest absolute Gasteiger partial charge is 0.351 e. The molecule has 2 aromatic rings. The molecule has 0 fully saturated rings. The Bertz CT molecular complexity index is 629. The van der Waals surface area contributed by atoms with Crippen molar-refractivity contribution in [1.82, 2.24) is 5.32 Å². The molecule has 0 atom stereocenters. The number of alkyl halides is 3. The average molecular weight is 325 g/mol. The van der Waals surface area contributed by atoms with Crippen molar-refractivity contribution in [3.8, 4) is 0 Å². The molecule has 0 aliphatic heterocycles. The van der Waals surface area contributed by atoms with Crippen LogP contribution in [0.2, 0.25) is 0 Å². The second-order valence-corrected chi connectivity index (χ2v) is 5.66. The lowest BCUT2D eigenvalue weighted by atomic mass is 10.1. The van der Waals surface area contributed by atoms with Crippen LogP contribution in [0.5, 0.6) is 0 Å². The van der Waals surface area contributed by atoms with Crippen molar-refractivity contribution in [3.63, 3.8) is 0 Å². The summed E-state index contributed by atoms with van der Waals surface area (Å²) in [6, 6.07) is 14.1. The molecule has 116 valence electrons. The molecule has 22 heavy (non-hydrogen) atoms. The van der Waals surface area contributed by atoms with E-state index in [4.69, 9.17) is 0 Å². The Labute approximate surface area is 130 Å². The Morgan fingerprint density at radius 1 is 1.05 bits per heavy atom. The van der Waals surface area contributed by atoms with Crippen molar-refractivity contribution in [1.29, 1.82) is 0 Å². The van der Waals surface area contributed by atoms with Crippen molar-refractivity contribution in [3.05, 3.63) is 65.7 Å². The highest BCUT2D eigenvalue weighted by Gasteiger charge is 2.30. The van der Waals surface area contributed by atoms with E-state index in [1.165, 1.54) is 12.1 Å². The molecule has 0 bridgehead atoms. The van der Waals surface area contributed by atoms with E-state index in [0.29, 0.717) is 12.3 Å². The largest absolute Gasteiger partial charge is 0.416 e. The molecule has 0 aliphatic carbocycles. The summed E-state index contributed by atoms with van der Waals surface area (Å²) >= 11 is 1.57. The van der Waals surface area contributed by atoms with E-state index in [-0.39, 0.29) is 5.56 Å². The monoisotopic (exact) mass is 325 g/mol. The van der Waals surface area contributed by atoms with Crippen LogP contribution < -0.4 is 5.32 Å². The van der Waals surface area contributed by atoms with Gasteiger partial charge in [0.05, 0.1) is 5.56 Å². The van der Waals surface area contributed by atoms with Gasteiger partial charge < -0.3 is 5.32 Å². The molecule has 1 amide bonds. The predicted octanol–water partition coefficient (Wildman–Crippen LogP) is 4.23. The second kappa shape index (κ2) is 7.35. The highest BCUT2D eigenvalue weighted by Crippen LogP contribution is 2.29. The van der Waals surface area contributed by atoms with E-state index < -0.39 is 17.6 Å². The molecule has 0 unspecified atom stereocenters. The zero-order chi connectivity index (χ0) is 16.0. The molecule has 0 aliphatic rings. The standard InChI is InChI=1S/C16H14F3NOS/c17-16(18,19)13-6-4-5-12(11-13)15(21)20-9-10-22-14-7-2-1-3-8-14/h1-8,11H,9-10H2,(H,20,21). The van der Waals surface area contributed by atoms with E-state index >= 15 is 0 Å². The molecule has 0 heterocycles. The minimum absolute atomic E-state index is 0.0135. The lowest BCUT2D eigenvalue weighted by molar-refractivity contribution is -0.137. The summed E-state index contributed by atoms with van der Waals surface area (Å²) < 4.78 is 37.8. The summed E-state index contributed by atoms with van der Waals surface area (Å²) in [5, 5.41) is 2.62. The van der Waals surface area contributed by atoms with Crippen molar-refractivity contribution in [2.45, 2.75) is 11.1 Å². The number of benzene rings is 2. The summed E-state index contributed by atoms with van der Waals surface area (Å²) in [4.78, 5) is 12.9. The molecule has 0 radical (unpaired) electrons. The van der Waals surface area contributed by atoms with Crippen LogP contribution in [0.4, 0.5) is 13.2 Å². The van der Waals surface area contributed by atoms with Gasteiger partial charge in [-0.1, -0.05) is 24.3 Å². The van der Waals surface area contributed by atoms with Gasteiger partial charge in [-0.25, -0.2) is 0 Å². The molecule has 0 saturated carbocycles. The Morgan fingerprint density at radius 3 is 2.45 bits per heavy atom. The van der Waals surface area contributed by atoms with Gasteiger partial charge in [0.25, 0.3) is 5.91 Å². The number of amides is 1. The Hall–Kier alpha value is -1.95. The maximum atomic E-state index is 12.6. The molecular formula is C16H14F3NOS. The van der Waals surface area contributed by atoms with Crippen molar-refractivity contribution in [2.75, 3.05) is 12.3 Å². The normalized spacial score (nSPS) is 11.2. The van der Waals surface area contributed by atoms with Gasteiger partial charge >= 0.3 is 6.18 Å². The molecule has 2 aromatic carbocycles. The number of halogens is 3. The SMILES string of the molecule is O=C(NCCSc1ccccc1)c1cccc(C(F)(F)F)c1. The van der Waals surface area contributed by atoms with Crippen LogP contribution in [0, 0.1) is 0 Å². The first kappa shape index (κ1) is 16.4. The first-order valence-corrected chi connectivity index (χ1v) is 7.59. The molecule has 6 heteroatoms. The third-order valence-corrected chi connectivity index (χ3v) is 3.87. The molecule has 0 spiro atoms. The number of nitrogens with one attached hydrogen (secondary N) is 1. The number of thioether (sulfide) groups is 1. The van der Waals surface area contributed by atoms with Gasteiger partial charge in [0.15, 0.2) is 0 Å². The van der Waals surface area contributed by atoms with E-state index in [9.17, 15) is 18.0 Å². The van der Waals surface area contributed by atoms with Gasteiger partial charge in [0.1, 0.15) is 0 Å². The van der Waals surface area contributed by atoms with Crippen LogP contribution in [0.3, 0.4) is 0 Å². The fraction of sp³-hybridized carbons (Fsp3) is 0.188. The fourth-order valence-corrected chi connectivity index (χ4v) is 2.58. The number of carbonyl (C=O) groups is 1. The van der Waals surface area contributed by atoms with Crippen LogP contribution in [-0.4, -0.2) is 18.2 Å². The maximum absolute atomic E-state index is 12.6. The highest BCUT2D eigenvalue weighted by molar-refractivity contribution is 7.99. The minimum Gasteiger partial charge on any atom is -0.351 e. The van der Waals surface area contributed by atoms with Gasteiger partial charge in [-0.15, -0.1) is 11.8 Å². The van der Waals surface area contributed by atoms with Crippen molar-refractivity contribution < 1.29 is 18.0 Å². The van der Waals surface area contributed by atoms with Crippen LogP contribution in [0.1, 0.15) is 15.9 Å². The Balaban J connectivity index is 1.85. The minimum atomic E-state index is -4.44. The van der Waals surface area contributed by atoms with Gasteiger partial charge in [0, 0.05) is 22.8 Å². The summed E-state index contributed by atoms with van der Waals surface area (Å²) in [5.41, 5.74) is -0.807. The molecule has 2 rings (SSSR count). The Kier molecular flexibility index (Phi) is 5.49. The average Bonchev–Trinajstić information content (AvgIpc) is 2.52. The van der Waals surface area contributed by atoms with Crippen LogP contribution in [-0.2, 0) is 6.18 Å². The zero-order valence-electron chi connectivity index (χ0n) is 11.6. The van der Waals surface area contributed by atoms with E-state index in [1.807, 2.05) is 30.3 Å². The summed E-state index contributed by atoms with van der Waals surface area (Å²) in [6.07, 6.45) is -4.44. The first-order valence-electron chi connectivity index (χ1n) is 6.60. The van der Waals surface area contributed by atoms with Gasteiger partial charge in [-0.2, -0.15) is 13.2 Å². The lowest BCUT2D eigenvalue weighted by Gasteiger charge is -2.09. The number of hydrogen-bond acceptors (Lipinski definition) is 2. The molecule has 0 saturated heterocycles. The lowest BCUT2D eigenvalue weighted by Crippen LogP contribution is -2.26. The zero-order valence-corrected chi connectivity index (χ0v) is 12.4. The summed E-state index contributed by atoms with van der Waals surface area (Å²) in [6.45, 7) is 0.384. The van der Waals surface area contributed by atoms with E-state index in [0.717, 1.165) is 17.0 Å². The molecule has 2 nitrogen and oxygen atoms in total. The number of carbonyl (C=O) groups excluding carboxylic acids is 1. The van der Waals surface area contributed by atoms with Gasteiger partial charge in [-0.3, -0.25) is 4.79 Å². The third kappa shape index (κ3) is 4.80. The van der Waals surface area contributed by atoms with Crippen LogP contribution in [0.25, 0.3) is 0 Å². The Morgan fingerprint density at radius 2 is 1.77 bits per heavy atom. The highest BCUT2D eigenvalue weighted by atomic mass is 32.2. The third-order valence-electron chi connectivity index (χ3n) is 2.85. The van der Waals surface area contributed by atoms with Crippen molar-refractivity contribution >= 4 is 17.7 Å². The first-order chi connectivity index (χ1) is 10.5. The quantitative estimate of drug-likeness (QED) is 0.658. The van der Waals surface area contributed by atoms with Crippen LogP contribution >= 0.6 is 11.8 Å².